The maximum Gasteiger partial charge on any atom is 0.338 e. The molecule has 0 saturated heterocycles. The molecular formula is C24H23N3O6S. The Balaban J connectivity index is 1.71. The van der Waals surface area contributed by atoms with E-state index in [1.165, 1.54) is 26.3 Å². The Kier molecular flexibility index (Phi) is 8.12. The standard InChI is InChI=1S/C24H23N3O6S/c1-25-34(30,31)21-15-19(13-14-20(21)32-2)24(29)33-16-22(28)26-27-23(17-9-5-3-6-10-17)18-11-7-4-8-12-18/h3-15,25H,16H2,1-2H3,(H,26,28). The minimum absolute atomic E-state index is 0.0554. The van der Waals surface area contributed by atoms with Gasteiger partial charge in [0.25, 0.3) is 5.91 Å². The lowest BCUT2D eigenvalue weighted by Crippen LogP contribution is -2.26. The number of nitrogens with zero attached hydrogens (tertiary/aromatic N) is 1. The van der Waals surface area contributed by atoms with Crippen molar-refractivity contribution < 1.29 is 27.5 Å². The Hall–Kier alpha value is -4.02. The molecule has 0 heterocycles. The first-order valence-corrected chi connectivity index (χ1v) is 11.6. The van der Waals surface area contributed by atoms with E-state index in [0.717, 1.165) is 17.2 Å². The second kappa shape index (κ2) is 11.2. The Morgan fingerprint density at radius 3 is 2.00 bits per heavy atom. The van der Waals surface area contributed by atoms with Gasteiger partial charge in [-0.05, 0) is 25.2 Å². The number of hydrogen-bond acceptors (Lipinski definition) is 7. The number of benzene rings is 3. The number of ether oxygens (including phenoxy) is 2. The molecule has 10 heteroatoms. The van der Waals surface area contributed by atoms with Crippen LogP contribution in [0.5, 0.6) is 5.75 Å². The molecule has 0 aliphatic carbocycles. The van der Waals surface area contributed by atoms with Crippen LogP contribution in [0.3, 0.4) is 0 Å². The average molecular weight is 482 g/mol. The molecule has 0 saturated carbocycles. The first-order chi connectivity index (χ1) is 16.4. The van der Waals surface area contributed by atoms with E-state index >= 15 is 0 Å². The number of sulfonamides is 1. The highest BCUT2D eigenvalue weighted by molar-refractivity contribution is 7.89. The Morgan fingerprint density at radius 2 is 1.47 bits per heavy atom. The maximum absolute atomic E-state index is 12.4. The molecule has 34 heavy (non-hydrogen) atoms. The summed E-state index contributed by atoms with van der Waals surface area (Å²) in [5.74, 6) is -1.47. The molecule has 2 N–H and O–H groups in total. The minimum atomic E-state index is -3.88. The van der Waals surface area contributed by atoms with Gasteiger partial charge in [-0.1, -0.05) is 60.7 Å². The number of methoxy groups -OCH3 is 1. The summed E-state index contributed by atoms with van der Waals surface area (Å²) in [6.07, 6.45) is 0. The van der Waals surface area contributed by atoms with Gasteiger partial charge in [0.2, 0.25) is 10.0 Å². The quantitative estimate of drug-likeness (QED) is 0.275. The van der Waals surface area contributed by atoms with Crippen molar-refractivity contribution in [2.24, 2.45) is 5.10 Å². The van der Waals surface area contributed by atoms with E-state index in [2.05, 4.69) is 15.2 Å². The van der Waals surface area contributed by atoms with E-state index in [0.29, 0.717) is 5.71 Å². The van der Waals surface area contributed by atoms with Crippen LogP contribution in [0.2, 0.25) is 0 Å². The summed E-state index contributed by atoms with van der Waals surface area (Å²) < 4.78 is 36.6. The van der Waals surface area contributed by atoms with Crippen LogP contribution in [0.25, 0.3) is 0 Å². The van der Waals surface area contributed by atoms with Crippen molar-refractivity contribution in [1.29, 1.82) is 0 Å². The van der Waals surface area contributed by atoms with Gasteiger partial charge in [0.1, 0.15) is 10.6 Å². The van der Waals surface area contributed by atoms with E-state index < -0.39 is 28.5 Å². The summed E-state index contributed by atoms with van der Waals surface area (Å²) >= 11 is 0. The van der Waals surface area contributed by atoms with Crippen molar-refractivity contribution >= 4 is 27.6 Å². The summed E-state index contributed by atoms with van der Waals surface area (Å²) in [6.45, 7) is -0.612. The fourth-order valence-electron chi connectivity index (χ4n) is 2.98. The Bertz CT molecular complexity index is 1250. The number of amides is 1. The van der Waals surface area contributed by atoms with E-state index in [1.807, 2.05) is 60.7 Å². The summed E-state index contributed by atoms with van der Waals surface area (Å²) in [4.78, 5) is 24.5. The van der Waals surface area contributed by atoms with Gasteiger partial charge >= 0.3 is 5.97 Å². The number of rotatable bonds is 9. The Morgan fingerprint density at radius 1 is 0.882 bits per heavy atom. The normalized spacial score (nSPS) is 10.8. The van der Waals surface area contributed by atoms with Gasteiger partial charge in [-0.25, -0.2) is 23.4 Å². The molecular weight excluding hydrogens is 458 g/mol. The van der Waals surface area contributed by atoms with Crippen molar-refractivity contribution in [3.05, 3.63) is 95.6 Å². The zero-order valence-corrected chi connectivity index (χ0v) is 19.3. The molecule has 3 aromatic carbocycles. The van der Waals surface area contributed by atoms with Crippen LogP contribution in [0.15, 0.2) is 88.9 Å². The summed E-state index contributed by atoms with van der Waals surface area (Å²) in [6, 6.07) is 22.4. The molecule has 0 fully saturated rings. The highest BCUT2D eigenvalue weighted by Crippen LogP contribution is 2.25. The van der Waals surface area contributed by atoms with Crippen molar-refractivity contribution in [2.45, 2.75) is 4.90 Å². The van der Waals surface area contributed by atoms with E-state index in [4.69, 9.17) is 9.47 Å². The zero-order chi connectivity index (χ0) is 24.6. The van der Waals surface area contributed by atoms with Gasteiger partial charge in [0.05, 0.1) is 18.4 Å². The molecule has 0 radical (unpaired) electrons. The van der Waals surface area contributed by atoms with Gasteiger partial charge in [0.15, 0.2) is 6.61 Å². The fourth-order valence-corrected chi connectivity index (χ4v) is 3.89. The zero-order valence-electron chi connectivity index (χ0n) is 18.5. The summed E-state index contributed by atoms with van der Waals surface area (Å²) in [7, 11) is -1.33. The predicted molar refractivity (Wildman–Crippen MR) is 126 cm³/mol. The number of esters is 1. The molecule has 176 valence electrons. The molecule has 3 rings (SSSR count). The number of hydrogen-bond donors (Lipinski definition) is 2. The fraction of sp³-hybridized carbons (Fsp3) is 0.125. The molecule has 3 aromatic rings. The van der Waals surface area contributed by atoms with Gasteiger partial charge < -0.3 is 9.47 Å². The highest BCUT2D eigenvalue weighted by Gasteiger charge is 2.21. The molecule has 0 bridgehead atoms. The van der Waals surface area contributed by atoms with Crippen LogP contribution >= 0.6 is 0 Å². The largest absolute Gasteiger partial charge is 0.495 e. The SMILES string of the molecule is CNS(=O)(=O)c1cc(C(=O)OCC(=O)NN=C(c2ccccc2)c2ccccc2)ccc1OC. The maximum atomic E-state index is 12.4. The Labute approximate surface area is 197 Å². The van der Waals surface area contributed by atoms with Crippen LogP contribution in [0.1, 0.15) is 21.5 Å². The van der Waals surface area contributed by atoms with E-state index in [-0.39, 0.29) is 16.2 Å². The van der Waals surface area contributed by atoms with Crippen molar-refractivity contribution in [2.75, 3.05) is 20.8 Å². The summed E-state index contributed by atoms with van der Waals surface area (Å²) in [5, 5.41) is 4.22. The van der Waals surface area contributed by atoms with E-state index in [9.17, 15) is 18.0 Å². The number of nitrogens with one attached hydrogen (secondary N) is 2. The smallest absolute Gasteiger partial charge is 0.338 e. The molecule has 0 aromatic heterocycles. The lowest BCUT2D eigenvalue weighted by Gasteiger charge is -2.11. The minimum Gasteiger partial charge on any atom is -0.495 e. The number of carbonyl (C=O) groups excluding carboxylic acids is 2. The number of carbonyl (C=O) groups is 2. The van der Waals surface area contributed by atoms with Crippen LogP contribution in [-0.2, 0) is 19.6 Å². The topological polar surface area (TPSA) is 123 Å². The first kappa shape index (κ1) is 24.6. The third-order valence-corrected chi connectivity index (χ3v) is 6.11. The van der Waals surface area contributed by atoms with Crippen LogP contribution in [-0.4, -0.2) is 46.8 Å². The molecule has 0 aliphatic heterocycles. The second-order valence-corrected chi connectivity index (χ2v) is 8.73. The van der Waals surface area contributed by atoms with Crippen LogP contribution in [0, 0.1) is 0 Å². The number of hydrazone groups is 1. The predicted octanol–water partition coefficient (Wildman–Crippen LogP) is 2.33. The van der Waals surface area contributed by atoms with Crippen molar-refractivity contribution in [3.63, 3.8) is 0 Å². The molecule has 0 atom stereocenters. The van der Waals surface area contributed by atoms with Crippen LogP contribution < -0.4 is 14.9 Å². The first-order valence-electron chi connectivity index (χ1n) is 10.1. The third kappa shape index (κ3) is 6.06. The summed E-state index contributed by atoms with van der Waals surface area (Å²) in [5.41, 5.74) is 4.47. The van der Waals surface area contributed by atoms with Gasteiger partial charge in [0, 0.05) is 11.1 Å². The highest BCUT2D eigenvalue weighted by atomic mass is 32.2. The molecule has 1 amide bonds. The molecule has 0 unspecified atom stereocenters. The van der Waals surface area contributed by atoms with E-state index in [1.54, 1.807) is 0 Å². The third-order valence-electron chi connectivity index (χ3n) is 4.68. The molecule has 9 nitrogen and oxygen atoms in total. The van der Waals surface area contributed by atoms with Gasteiger partial charge in [-0.2, -0.15) is 5.10 Å². The average Bonchev–Trinajstić information content (AvgIpc) is 2.88. The van der Waals surface area contributed by atoms with Crippen molar-refractivity contribution in [1.82, 2.24) is 10.1 Å². The van der Waals surface area contributed by atoms with Crippen molar-refractivity contribution in [3.8, 4) is 5.75 Å². The van der Waals surface area contributed by atoms with Crippen LogP contribution in [0.4, 0.5) is 0 Å². The lowest BCUT2D eigenvalue weighted by molar-refractivity contribution is -0.124. The molecule has 0 spiro atoms. The lowest BCUT2D eigenvalue weighted by atomic mass is 10.0. The monoisotopic (exact) mass is 481 g/mol. The van der Waals surface area contributed by atoms with Gasteiger partial charge in [-0.15, -0.1) is 0 Å². The van der Waals surface area contributed by atoms with Gasteiger partial charge in [-0.3, -0.25) is 4.79 Å². The second-order valence-electron chi connectivity index (χ2n) is 6.88. The molecule has 0 aliphatic rings.